The Morgan fingerprint density at radius 2 is 2.04 bits per heavy atom. The molecule has 7 nitrogen and oxygen atoms in total. The van der Waals surface area contributed by atoms with Gasteiger partial charge < -0.3 is 5.32 Å². The molecular weight excluding hydrogens is 398 g/mol. The van der Waals surface area contributed by atoms with Crippen LogP contribution in [0.1, 0.15) is 5.56 Å². The summed E-state index contributed by atoms with van der Waals surface area (Å²) >= 11 is 11.7. The number of benzene rings is 2. The molecule has 0 aliphatic rings. The van der Waals surface area contributed by atoms with Crippen molar-refractivity contribution in [2.75, 3.05) is 5.32 Å². The number of aromatic nitrogens is 2. The lowest BCUT2D eigenvalue weighted by Crippen LogP contribution is -2.16. The second-order valence-electron chi connectivity index (χ2n) is 5.50. The maximum Gasteiger partial charge on any atom is 0.295 e. The number of halogens is 3. The van der Waals surface area contributed by atoms with Crippen LogP contribution < -0.4 is 5.32 Å². The molecule has 2 aromatic carbocycles. The molecule has 1 aromatic heterocycles. The summed E-state index contributed by atoms with van der Waals surface area (Å²) in [5, 5.41) is 18.2. The van der Waals surface area contributed by atoms with Gasteiger partial charge in [-0.3, -0.25) is 14.9 Å². The van der Waals surface area contributed by atoms with Crippen molar-refractivity contribution >= 4 is 40.5 Å². The summed E-state index contributed by atoms with van der Waals surface area (Å²) in [6, 6.07) is 8.16. The summed E-state index contributed by atoms with van der Waals surface area (Å²) in [5.74, 6) is -1.37. The Labute approximate surface area is 162 Å². The lowest BCUT2D eigenvalue weighted by Gasteiger charge is -2.10. The molecule has 0 aliphatic heterocycles. The van der Waals surface area contributed by atoms with Crippen LogP contribution in [0, 0.1) is 15.9 Å². The van der Waals surface area contributed by atoms with E-state index >= 15 is 0 Å². The molecule has 0 atom stereocenters. The molecule has 0 aliphatic carbocycles. The summed E-state index contributed by atoms with van der Waals surface area (Å²) in [4.78, 5) is 22.8. The lowest BCUT2D eigenvalue weighted by atomic mass is 10.1. The molecule has 1 heterocycles. The molecule has 138 valence electrons. The van der Waals surface area contributed by atoms with Crippen molar-refractivity contribution in [2.24, 2.45) is 0 Å². The van der Waals surface area contributed by atoms with Crippen LogP contribution in [0.2, 0.25) is 10.0 Å². The first-order chi connectivity index (χ1) is 12.8. The minimum atomic E-state index is -0.840. The highest BCUT2D eigenvalue weighted by Gasteiger charge is 2.21. The molecule has 3 rings (SSSR count). The minimum Gasteiger partial charge on any atom is -0.320 e. The van der Waals surface area contributed by atoms with Gasteiger partial charge in [0, 0.05) is 12.4 Å². The summed E-state index contributed by atoms with van der Waals surface area (Å²) in [7, 11) is 0. The van der Waals surface area contributed by atoms with Gasteiger partial charge >= 0.3 is 0 Å². The van der Waals surface area contributed by atoms with Gasteiger partial charge in [-0.15, -0.1) is 0 Å². The molecule has 0 spiro atoms. The Bertz CT molecular complexity index is 1030. The van der Waals surface area contributed by atoms with Crippen molar-refractivity contribution in [3.63, 3.8) is 0 Å². The fraction of sp³-hybridized carbons (Fsp3) is 0.0588. The van der Waals surface area contributed by atoms with E-state index in [0.29, 0.717) is 10.6 Å². The number of hydrogen-bond acceptors (Lipinski definition) is 4. The van der Waals surface area contributed by atoms with E-state index in [2.05, 4.69) is 10.4 Å². The molecule has 0 fully saturated rings. The molecular formula is C17H11Cl2FN4O3. The number of hydrogen-bond donors (Lipinski definition) is 1. The predicted octanol–water partition coefficient (Wildman–Crippen LogP) is 4.41. The fourth-order valence-electron chi connectivity index (χ4n) is 2.42. The van der Waals surface area contributed by atoms with Crippen LogP contribution in [0.4, 0.5) is 15.8 Å². The molecule has 0 saturated carbocycles. The number of nitrogens with zero attached hydrogens (tertiary/aromatic N) is 3. The molecule has 10 heteroatoms. The Hall–Kier alpha value is -2.97. The van der Waals surface area contributed by atoms with Crippen molar-refractivity contribution in [1.82, 2.24) is 9.78 Å². The van der Waals surface area contributed by atoms with Crippen molar-refractivity contribution < 1.29 is 14.1 Å². The summed E-state index contributed by atoms with van der Waals surface area (Å²) in [6.45, 7) is 0. The smallest absolute Gasteiger partial charge is 0.295 e. The minimum absolute atomic E-state index is 0.0320. The Morgan fingerprint density at radius 3 is 2.67 bits per heavy atom. The third-order valence-electron chi connectivity index (χ3n) is 3.64. The Morgan fingerprint density at radius 1 is 1.26 bits per heavy atom. The highest BCUT2D eigenvalue weighted by molar-refractivity contribution is 6.42. The van der Waals surface area contributed by atoms with E-state index in [1.54, 1.807) is 18.2 Å². The fourth-order valence-corrected chi connectivity index (χ4v) is 2.74. The van der Waals surface area contributed by atoms with Crippen molar-refractivity contribution in [3.05, 3.63) is 80.3 Å². The average molecular weight is 409 g/mol. The van der Waals surface area contributed by atoms with Gasteiger partial charge in [0.05, 0.1) is 27.5 Å². The largest absolute Gasteiger partial charge is 0.320 e. The highest BCUT2D eigenvalue weighted by atomic mass is 35.5. The average Bonchev–Trinajstić information content (AvgIpc) is 3.13. The number of carbonyl (C=O) groups is 1. The van der Waals surface area contributed by atoms with Gasteiger partial charge in [0.15, 0.2) is 5.82 Å². The van der Waals surface area contributed by atoms with Gasteiger partial charge in [0.25, 0.3) is 5.69 Å². The number of nitrogens with one attached hydrogen (secondary N) is 1. The van der Waals surface area contributed by atoms with Gasteiger partial charge in [0.2, 0.25) is 5.91 Å². The van der Waals surface area contributed by atoms with Gasteiger partial charge in [-0.25, -0.2) is 9.07 Å². The van der Waals surface area contributed by atoms with Crippen LogP contribution in [0.25, 0.3) is 5.69 Å². The maximum atomic E-state index is 14.2. The van der Waals surface area contributed by atoms with E-state index < -0.39 is 22.3 Å². The van der Waals surface area contributed by atoms with Crippen LogP contribution in [0.3, 0.4) is 0 Å². The number of nitro groups is 1. The summed E-state index contributed by atoms with van der Waals surface area (Å²) in [6.07, 6.45) is 2.82. The summed E-state index contributed by atoms with van der Waals surface area (Å²) in [5.41, 5.74) is -0.169. The van der Waals surface area contributed by atoms with Crippen LogP contribution in [-0.2, 0) is 11.2 Å². The van der Waals surface area contributed by atoms with E-state index in [0.717, 1.165) is 12.1 Å². The van der Waals surface area contributed by atoms with Gasteiger partial charge in [0.1, 0.15) is 11.4 Å². The second-order valence-corrected chi connectivity index (χ2v) is 6.32. The number of rotatable bonds is 5. The zero-order valence-corrected chi connectivity index (χ0v) is 15.0. The first-order valence-corrected chi connectivity index (χ1v) is 8.32. The molecule has 1 N–H and O–H groups in total. The van der Waals surface area contributed by atoms with E-state index in [4.69, 9.17) is 23.2 Å². The zero-order chi connectivity index (χ0) is 19.6. The summed E-state index contributed by atoms with van der Waals surface area (Å²) < 4.78 is 15.4. The van der Waals surface area contributed by atoms with Crippen molar-refractivity contribution in [1.29, 1.82) is 0 Å². The maximum absolute atomic E-state index is 14.2. The third-order valence-corrected chi connectivity index (χ3v) is 4.37. The van der Waals surface area contributed by atoms with Crippen LogP contribution >= 0.6 is 23.2 Å². The van der Waals surface area contributed by atoms with Crippen LogP contribution in [-0.4, -0.2) is 20.6 Å². The van der Waals surface area contributed by atoms with Gasteiger partial charge in [-0.05, 0) is 29.8 Å². The molecule has 0 unspecified atom stereocenters. The third kappa shape index (κ3) is 4.24. The molecule has 27 heavy (non-hydrogen) atoms. The number of anilines is 1. The monoisotopic (exact) mass is 408 g/mol. The Balaban J connectivity index is 1.90. The van der Waals surface area contributed by atoms with E-state index in [1.807, 2.05) is 0 Å². The van der Waals surface area contributed by atoms with E-state index in [9.17, 15) is 19.3 Å². The van der Waals surface area contributed by atoms with Crippen molar-refractivity contribution in [2.45, 2.75) is 6.42 Å². The highest BCUT2D eigenvalue weighted by Crippen LogP contribution is 2.30. The standard InChI is InChI=1S/C17H11Cl2FN4O3/c18-11-3-2-10(6-12(11)19)7-17(25)22-14-9-15(23-5-1-4-21-23)13(20)8-16(14)24(26)27/h1-6,8-9H,7H2,(H,22,25). The molecule has 0 radical (unpaired) electrons. The Kier molecular flexibility index (Phi) is 5.38. The predicted molar refractivity (Wildman–Crippen MR) is 99.0 cm³/mol. The number of nitro benzene ring substituents is 1. The topological polar surface area (TPSA) is 90.1 Å². The van der Waals surface area contributed by atoms with Gasteiger partial charge in [-0.1, -0.05) is 29.3 Å². The number of carbonyl (C=O) groups excluding carboxylic acids is 1. The quantitative estimate of drug-likeness (QED) is 0.500. The SMILES string of the molecule is O=C(Cc1ccc(Cl)c(Cl)c1)Nc1cc(-n2cccn2)c(F)cc1[N+](=O)[O-]. The second kappa shape index (κ2) is 7.73. The number of amides is 1. The zero-order valence-electron chi connectivity index (χ0n) is 13.5. The molecule has 1 amide bonds. The normalized spacial score (nSPS) is 10.6. The van der Waals surface area contributed by atoms with E-state index in [1.165, 1.54) is 23.1 Å². The first-order valence-electron chi connectivity index (χ1n) is 7.57. The van der Waals surface area contributed by atoms with Crippen molar-refractivity contribution in [3.8, 4) is 5.69 Å². The lowest BCUT2D eigenvalue weighted by molar-refractivity contribution is -0.384. The van der Waals surface area contributed by atoms with Crippen LogP contribution in [0.5, 0.6) is 0 Å². The molecule has 3 aromatic rings. The molecule has 0 saturated heterocycles. The van der Waals surface area contributed by atoms with Crippen LogP contribution in [0.15, 0.2) is 48.8 Å². The molecule has 0 bridgehead atoms. The van der Waals surface area contributed by atoms with Gasteiger partial charge in [-0.2, -0.15) is 5.10 Å². The first kappa shape index (κ1) is 18.8. The van der Waals surface area contributed by atoms with E-state index in [-0.39, 0.29) is 22.8 Å².